The van der Waals surface area contributed by atoms with Crippen molar-refractivity contribution in [2.24, 2.45) is 0 Å². The summed E-state index contributed by atoms with van der Waals surface area (Å²) in [5.74, 6) is 0. The Balaban J connectivity index is 1.91. The third-order valence-corrected chi connectivity index (χ3v) is 6.01. The highest BCUT2D eigenvalue weighted by atomic mass is 32.2. The highest BCUT2D eigenvalue weighted by Crippen LogP contribution is 2.26. The van der Waals surface area contributed by atoms with Gasteiger partial charge in [0.1, 0.15) is 0 Å². The number of nitro groups is 1. The number of para-hydroxylation sites is 1. The van der Waals surface area contributed by atoms with Crippen LogP contribution in [0.1, 0.15) is 24.4 Å². The van der Waals surface area contributed by atoms with E-state index in [1.54, 1.807) is 0 Å². The average Bonchev–Trinajstić information content (AvgIpc) is 3.15. The van der Waals surface area contributed by atoms with Crippen LogP contribution in [0.2, 0.25) is 0 Å². The van der Waals surface area contributed by atoms with E-state index >= 15 is 0 Å². The summed E-state index contributed by atoms with van der Waals surface area (Å²) in [6.07, 6.45) is 2.19. The topological polar surface area (TPSA) is 92.5 Å². The lowest BCUT2D eigenvalue weighted by Gasteiger charge is -2.24. The van der Waals surface area contributed by atoms with Gasteiger partial charge in [-0.2, -0.15) is 0 Å². The Morgan fingerprint density at radius 2 is 1.65 bits per heavy atom. The predicted molar refractivity (Wildman–Crippen MR) is 98.3 cm³/mol. The minimum absolute atomic E-state index is 0.313. The zero-order valence-electron chi connectivity index (χ0n) is 14.2. The molecule has 0 amide bonds. The number of likely N-dealkylation sites (tertiary alicyclic amines) is 1. The molecule has 1 aliphatic heterocycles. The number of sulfonamides is 1. The van der Waals surface area contributed by atoms with Crippen molar-refractivity contribution >= 4 is 15.7 Å². The van der Waals surface area contributed by atoms with Crippen molar-refractivity contribution < 1.29 is 13.3 Å². The molecule has 1 saturated heterocycles. The maximum Gasteiger partial charge on any atom is 0.289 e. The number of nitrogens with one attached hydrogen (secondary N) is 1. The van der Waals surface area contributed by atoms with Gasteiger partial charge < -0.3 is 4.90 Å². The van der Waals surface area contributed by atoms with Crippen LogP contribution in [-0.4, -0.2) is 37.9 Å². The largest absolute Gasteiger partial charge is 0.301 e. The molecule has 0 bridgehead atoms. The van der Waals surface area contributed by atoms with E-state index in [2.05, 4.69) is 9.62 Å². The molecule has 3 rings (SSSR count). The Labute approximate surface area is 152 Å². The number of nitrogens with zero attached hydrogens (tertiary/aromatic N) is 2. The first kappa shape index (κ1) is 18.5. The maximum atomic E-state index is 12.9. The van der Waals surface area contributed by atoms with Crippen LogP contribution in [0.25, 0.3) is 0 Å². The fourth-order valence-corrected chi connectivity index (χ4v) is 4.59. The molecule has 0 aromatic heterocycles. The van der Waals surface area contributed by atoms with Crippen LogP contribution in [0.15, 0.2) is 59.5 Å². The van der Waals surface area contributed by atoms with Gasteiger partial charge in [0.2, 0.25) is 10.0 Å². The van der Waals surface area contributed by atoms with Crippen LogP contribution in [-0.2, 0) is 10.0 Å². The smallest absolute Gasteiger partial charge is 0.289 e. The molecule has 1 aliphatic rings. The monoisotopic (exact) mass is 375 g/mol. The van der Waals surface area contributed by atoms with Crippen LogP contribution in [0.5, 0.6) is 0 Å². The number of hydrogen-bond acceptors (Lipinski definition) is 5. The van der Waals surface area contributed by atoms with E-state index in [1.807, 2.05) is 30.3 Å². The first-order valence-corrected chi connectivity index (χ1v) is 9.99. The van der Waals surface area contributed by atoms with E-state index in [0.29, 0.717) is 6.54 Å². The van der Waals surface area contributed by atoms with Crippen molar-refractivity contribution in [3.8, 4) is 0 Å². The third-order valence-electron chi connectivity index (χ3n) is 4.49. The molecule has 1 unspecified atom stereocenters. The number of nitro benzene ring substituents is 1. The number of benzene rings is 2. The van der Waals surface area contributed by atoms with Gasteiger partial charge in [0.15, 0.2) is 4.90 Å². The summed E-state index contributed by atoms with van der Waals surface area (Å²) in [5, 5.41) is 11.2. The molecule has 8 heteroatoms. The highest BCUT2D eigenvalue weighted by molar-refractivity contribution is 7.89. The summed E-state index contributed by atoms with van der Waals surface area (Å²) >= 11 is 0. The molecular weight excluding hydrogens is 354 g/mol. The normalized spacial score (nSPS) is 16.5. The van der Waals surface area contributed by atoms with E-state index in [9.17, 15) is 18.5 Å². The molecule has 0 saturated carbocycles. The molecule has 1 atom stereocenters. The molecule has 2 aromatic carbocycles. The predicted octanol–water partition coefficient (Wildman–Crippen LogP) is 2.71. The van der Waals surface area contributed by atoms with Gasteiger partial charge in [0.25, 0.3) is 5.69 Å². The quantitative estimate of drug-likeness (QED) is 0.593. The van der Waals surface area contributed by atoms with Crippen molar-refractivity contribution in [3.05, 3.63) is 70.3 Å². The van der Waals surface area contributed by atoms with Gasteiger partial charge in [0.05, 0.1) is 11.0 Å². The van der Waals surface area contributed by atoms with E-state index < -0.39 is 26.7 Å². The van der Waals surface area contributed by atoms with Crippen molar-refractivity contribution in [1.82, 2.24) is 9.62 Å². The summed E-state index contributed by atoms with van der Waals surface area (Å²) in [6, 6.07) is 14.2. The molecule has 2 aromatic rings. The first-order valence-electron chi connectivity index (χ1n) is 8.50. The molecule has 0 spiro atoms. The Bertz CT molecular complexity index is 865. The molecule has 1 N–H and O–H groups in total. The van der Waals surface area contributed by atoms with Gasteiger partial charge in [-0.05, 0) is 37.6 Å². The number of hydrogen-bond donors (Lipinski definition) is 1. The third kappa shape index (κ3) is 4.27. The van der Waals surface area contributed by atoms with Gasteiger partial charge in [-0.1, -0.05) is 42.5 Å². The fourth-order valence-electron chi connectivity index (χ4n) is 3.21. The second kappa shape index (κ2) is 7.94. The second-order valence-electron chi connectivity index (χ2n) is 6.32. The van der Waals surface area contributed by atoms with E-state index in [-0.39, 0.29) is 4.90 Å². The summed E-state index contributed by atoms with van der Waals surface area (Å²) in [7, 11) is -4.04. The molecule has 0 aliphatic carbocycles. The summed E-state index contributed by atoms with van der Waals surface area (Å²) in [5.41, 5.74) is 0.412. The Hall–Kier alpha value is -2.29. The molecule has 0 radical (unpaired) electrons. The van der Waals surface area contributed by atoms with Gasteiger partial charge in [0, 0.05) is 12.6 Å². The van der Waals surface area contributed by atoms with Crippen LogP contribution < -0.4 is 4.72 Å². The maximum absolute atomic E-state index is 12.9. The van der Waals surface area contributed by atoms with Gasteiger partial charge in [-0.3, -0.25) is 10.1 Å². The first-order chi connectivity index (χ1) is 12.5. The Kier molecular flexibility index (Phi) is 5.65. The SMILES string of the molecule is O=[N+]([O-])c1ccccc1S(=O)(=O)NC(CN1CCCC1)c1ccccc1. The zero-order chi connectivity index (χ0) is 18.6. The van der Waals surface area contributed by atoms with Crippen molar-refractivity contribution in [1.29, 1.82) is 0 Å². The average molecular weight is 375 g/mol. The van der Waals surface area contributed by atoms with Crippen molar-refractivity contribution in [2.45, 2.75) is 23.8 Å². The molecular formula is C18H21N3O4S. The van der Waals surface area contributed by atoms with Crippen molar-refractivity contribution in [3.63, 3.8) is 0 Å². The van der Waals surface area contributed by atoms with E-state index in [0.717, 1.165) is 31.5 Å². The summed E-state index contributed by atoms with van der Waals surface area (Å²) < 4.78 is 28.4. The van der Waals surface area contributed by atoms with E-state index in [4.69, 9.17) is 0 Å². The van der Waals surface area contributed by atoms with Crippen molar-refractivity contribution in [2.75, 3.05) is 19.6 Å². The minimum Gasteiger partial charge on any atom is -0.301 e. The van der Waals surface area contributed by atoms with Gasteiger partial charge >= 0.3 is 0 Å². The fraction of sp³-hybridized carbons (Fsp3) is 0.333. The van der Waals surface area contributed by atoms with Crippen LogP contribution in [0, 0.1) is 10.1 Å². The lowest BCUT2D eigenvalue weighted by atomic mass is 10.1. The Morgan fingerprint density at radius 3 is 2.31 bits per heavy atom. The molecule has 138 valence electrons. The summed E-state index contributed by atoms with van der Waals surface area (Å²) in [4.78, 5) is 12.4. The lowest BCUT2D eigenvalue weighted by Crippen LogP contribution is -2.37. The van der Waals surface area contributed by atoms with Crippen LogP contribution in [0.4, 0.5) is 5.69 Å². The molecule has 7 nitrogen and oxygen atoms in total. The second-order valence-corrected chi connectivity index (χ2v) is 8.00. The van der Waals surface area contributed by atoms with Crippen LogP contribution in [0.3, 0.4) is 0 Å². The number of rotatable bonds is 7. The highest BCUT2D eigenvalue weighted by Gasteiger charge is 2.29. The van der Waals surface area contributed by atoms with Gasteiger partial charge in [-0.15, -0.1) is 0 Å². The zero-order valence-corrected chi connectivity index (χ0v) is 15.1. The molecule has 1 fully saturated rings. The Morgan fingerprint density at radius 1 is 1.04 bits per heavy atom. The minimum atomic E-state index is -4.04. The van der Waals surface area contributed by atoms with E-state index in [1.165, 1.54) is 24.3 Å². The summed E-state index contributed by atoms with van der Waals surface area (Å²) in [6.45, 7) is 2.39. The molecule has 26 heavy (non-hydrogen) atoms. The standard InChI is InChI=1S/C18H21N3O4S/c22-21(23)17-10-4-5-11-18(17)26(24,25)19-16(14-20-12-6-7-13-20)15-8-2-1-3-9-15/h1-5,8-11,16,19H,6-7,12-14H2. The van der Waals surface area contributed by atoms with Crippen LogP contribution >= 0.6 is 0 Å². The molecule has 1 heterocycles. The lowest BCUT2D eigenvalue weighted by molar-refractivity contribution is -0.387. The van der Waals surface area contributed by atoms with Gasteiger partial charge in [-0.25, -0.2) is 13.1 Å².